The second-order valence-electron chi connectivity index (χ2n) is 13.8. The molecule has 6 bridgehead atoms. The monoisotopic (exact) mass is 670 g/mol. The lowest BCUT2D eigenvalue weighted by Gasteiger charge is -2.40. The number of aryl methyl sites for hydroxylation is 2. The van der Waals surface area contributed by atoms with E-state index in [9.17, 15) is 9.90 Å². The molecule has 49 heavy (non-hydrogen) atoms. The van der Waals surface area contributed by atoms with E-state index in [4.69, 9.17) is 24.7 Å². The Kier molecular flexibility index (Phi) is 12.6. The first-order chi connectivity index (χ1) is 23.3. The molecule has 3 aliphatic rings. The van der Waals surface area contributed by atoms with Crippen molar-refractivity contribution in [2.75, 3.05) is 31.2 Å². The van der Waals surface area contributed by atoms with Crippen LogP contribution in [0.2, 0.25) is 0 Å². The molecule has 0 spiro atoms. The molecule has 5 heterocycles. The van der Waals surface area contributed by atoms with Crippen LogP contribution in [-0.4, -0.2) is 68.3 Å². The molecule has 2 aromatic carbocycles. The van der Waals surface area contributed by atoms with Crippen LogP contribution < -0.4 is 9.64 Å². The third kappa shape index (κ3) is 10.2. The number of nitrogens with zero attached hydrogens (tertiary/aromatic N) is 4. The lowest BCUT2D eigenvalue weighted by Crippen LogP contribution is -2.45. The van der Waals surface area contributed by atoms with Crippen LogP contribution in [0, 0.1) is 13.8 Å². The number of carbonyl (C=O) groups is 1. The number of fused-ring (bicyclic) bond motifs is 8. The highest BCUT2D eigenvalue weighted by Gasteiger charge is 2.33. The number of aliphatic hydroxyl groups is 1. The number of carboxylic acids is 1. The van der Waals surface area contributed by atoms with Gasteiger partial charge in [0.1, 0.15) is 11.6 Å². The van der Waals surface area contributed by atoms with Crippen molar-refractivity contribution in [3.05, 3.63) is 77.5 Å². The average molecular weight is 671 g/mol. The summed E-state index contributed by atoms with van der Waals surface area (Å²) in [6.45, 7) is 18.1. The summed E-state index contributed by atoms with van der Waals surface area (Å²) in [4.78, 5) is 19.0. The molecule has 0 amide bonds. The molecule has 264 valence electrons. The largest absolute Gasteiger partial charge is 0.493 e. The lowest BCUT2D eigenvalue weighted by atomic mass is 9.93. The molecule has 2 aromatic heterocycles. The second-order valence-corrected chi connectivity index (χ2v) is 13.8. The van der Waals surface area contributed by atoms with Gasteiger partial charge in [-0.25, -0.2) is 4.98 Å². The Morgan fingerprint density at radius 2 is 1.69 bits per heavy atom. The molecule has 2 N–H and O–H groups in total. The summed E-state index contributed by atoms with van der Waals surface area (Å²) in [6, 6.07) is 16.6. The summed E-state index contributed by atoms with van der Waals surface area (Å²) >= 11 is 0. The Bertz CT molecular complexity index is 1740. The van der Waals surface area contributed by atoms with E-state index in [0.717, 1.165) is 78.3 Å². The van der Waals surface area contributed by atoms with E-state index in [1.807, 2.05) is 37.4 Å². The first-order valence-corrected chi connectivity index (χ1v) is 17.5. The van der Waals surface area contributed by atoms with Crippen molar-refractivity contribution >= 4 is 17.4 Å². The van der Waals surface area contributed by atoms with Gasteiger partial charge in [-0.3, -0.25) is 4.79 Å². The Labute approximate surface area is 291 Å². The summed E-state index contributed by atoms with van der Waals surface area (Å²) in [6.07, 6.45) is 7.68. The van der Waals surface area contributed by atoms with Gasteiger partial charge in [0.2, 0.25) is 0 Å². The zero-order chi connectivity index (χ0) is 35.8. The zero-order valence-corrected chi connectivity index (χ0v) is 30.5. The van der Waals surface area contributed by atoms with Crippen molar-refractivity contribution in [2.45, 2.75) is 98.7 Å². The number of piperidine rings is 1. The number of hydrogen-bond donors (Lipinski definition) is 2. The van der Waals surface area contributed by atoms with Crippen molar-refractivity contribution in [1.29, 1.82) is 0 Å². The molecule has 0 radical (unpaired) electrons. The van der Waals surface area contributed by atoms with Crippen LogP contribution in [0.3, 0.4) is 0 Å². The standard InChI is InChI=1S/C34H38N4O4.C4H10O.C2H6/c1-23-11-12-30-28(19-23)25-9-8-10-26(20-25)29-22-31-35-24(2)27(21-32(39)40)33(38(31)36-29)37-15-13-34(3,14-16-37)42-18-7-5-4-6-17-41-30;1-4(2,3)5;1-2/h5,7-12,19-20,22H,4,6,13-18,21H2,1-3H3,(H,39,40);5H,1-3H3;1-2H3/b7-5+;;. The van der Waals surface area contributed by atoms with Gasteiger partial charge in [0.15, 0.2) is 5.65 Å². The molecule has 1 saturated heterocycles. The second kappa shape index (κ2) is 16.5. The Morgan fingerprint density at radius 3 is 2.39 bits per heavy atom. The van der Waals surface area contributed by atoms with Crippen LogP contribution in [0.4, 0.5) is 5.82 Å². The normalized spacial score (nSPS) is 16.6. The van der Waals surface area contributed by atoms with Crippen LogP contribution in [0.25, 0.3) is 28.0 Å². The van der Waals surface area contributed by atoms with Gasteiger partial charge in [-0.05, 0) is 91.0 Å². The first kappa shape index (κ1) is 37.6. The van der Waals surface area contributed by atoms with Gasteiger partial charge in [0.25, 0.3) is 0 Å². The molecule has 0 saturated carbocycles. The number of benzene rings is 2. The van der Waals surface area contributed by atoms with E-state index in [1.165, 1.54) is 0 Å². The maximum Gasteiger partial charge on any atom is 0.308 e. The number of carboxylic acid groups (broad SMARTS) is 1. The van der Waals surface area contributed by atoms with Crippen molar-refractivity contribution < 1.29 is 24.5 Å². The fourth-order valence-electron chi connectivity index (χ4n) is 5.96. The third-order valence-electron chi connectivity index (χ3n) is 8.40. The van der Waals surface area contributed by atoms with Gasteiger partial charge in [0.05, 0.1) is 36.5 Å². The Hall–Kier alpha value is -4.21. The highest BCUT2D eigenvalue weighted by molar-refractivity contribution is 5.78. The molecule has 0 unspecified atom stereocenters. The smallest absolute Gasteiger partial charge is 0.308 e. The summed E-state index contributed by atoms with van der Waals surface area (Å²) < 4.78 is 14.5. The number of ether oxygens (including phenoxy) is 2. The van der Waals surface area contributed by atoms with Gasteiger partial charge in [-0.2, -0.15) is 9.61 Å². The Balaban J connectivity index is 0.000000710. The first-order valence-electron chi connectivity index (χ1n) is 17.5. The topological polar surface area (TPSA) is 109 Å². The molecule has 9 heteroatoms. The number of allylic oxidation sites excluding steroid dienone is 1. The minimum atomic E-state index is -0.883. The molecule has 3 aliphatic heterocycles. The third-order valence-corrected chi connectivity index (χ3v) is 8.40. The van der Waals surface area contributed by atoms with Crippen LogP contribution in [-0.2, 0) is 16.0 Å². The van der Waals surface area contributed by atoms with Crippen LogP contribution in [0.15, 0.2) is 60.7 Å². The van der Waals surface area contributed by atoms with E-state index >= 15 is 0 Å². The summed E-state index contributed by atoms with van der Waals surface area (Å²) in [5.74, 6) is 0.789. The number of aromatic nitrogens is 3. The summed E-state index contributed by atoms with van der Waals surface area (Å²) in [5, 5.41) is 23.3. The Morgan fingerprint density at radius 1 is 1.00 bits per heavy atom. The molecule has 4 aromatic rings. The maximum atomic E-state index is 11.9. The van der Waals surface area contributed by atoms with Gasteiger partial charge in [0, 0.05) is 41.5 Å². The molecule has 0 atom stereocenters. The number of anilines is 1. The zero-order valence-electron chi connectivity index (χ0n) is 30.5. The SMILES string of the molecule is CC.CC(C)(C)O.Cc1ccc2c(c1)-c1cccc(c1)-c1cc3nc(C)c(CC(=O)O)c(n3n1)N1CCC(C)(CC1)OC/C=C/CCCO2. The molecule has 7 rings (SSSR count). The molecule has 1 fully saturated rings. The number of aliphatic carboxylic acids is 1. The van der Waals surface area contributed by atoms with Crippen molar-refractivity contribution in [3.8, 4) is 28.1 Å². The summed E-state index contributed by atoms with van der Waals surface area (Å²) in [7, 11) is 0. The van der Waals surface area contributed by atoms with Crippen LogP contribution in [0.1, 0.15) is 84.0 Å². The molecule has 0 aliphatic carbocycles. The van der Waals surface area contributed by atoms with E-state index < -0.39 is 11.6 Å². The predicted octanol–water partition coefficient (Wildman–Crippen LogP) is 8.21. The van der Waals surface area contributed by atoms with Gasteiger partial charge >= 0.3 is 5.97 Å². The van der Waals surface area contributed by atoms with E-state index in [1.54, 1.807) is 20.8 Å². The van der Waals surface area contributed by atoms with Crippen LogP contribution in [0.5, 0.6) is 5.75 Å². The number of hydrogen-bond acceptors (Lipinski definition) is 7. The highest BCUT2D eigenvalue weighted by atomic mass is 16.5. The highest BCUT2D eigenvalue weighted by Crippen LogP contribution is 2.36. The van der Waals surface area contributed by atoms with E-state index in [-0.39, 0.29) is 12.0 Å². The number of rotatable bonds is 2. The molecular formula is C40H54N4O5. The van der Waals surface area contributed by atoms with Gasteiger partial charge in [-0.1, -0.05) is 55.8 Å². The van der Waals surface area contributed by atoms with Crippen molar-refractivity contribution in [3.63, 3.8) is 0 Å². The summed E-state index contributed by atoms with van der Waals surface area (Å²) in [5.41, 5.74) is 6.39. The molecular weight excluding hydrogens is 616 g/mol. The fraction of sp³-hybridized carbons (Fsp3) is 0.475. The van der Waals surface area contributed by atoms with Gasteiger partial charge in [-0.15, -0.1) is 0 Å². The maximum absolute atomic E-state index is 11.9. The minimum Gasteiger partial charge on any atom is -0.493 e. The van der Waals surface area contributed by atoms with Crippen molar-refractivity contribution in [1.82, 2.24) is 14.6 Å². The van der Waals surface area contributed by atoms with E-state index in [2.05, 4.69) is 67.3 Å². The molecule has 9 nitrogen and oxygen atoms in total. The minimum absolute atomic E-state index is 0.111. The fourth-order valence-corrected chi connectivity index (χ4v) is 5.96. The average Bonchev–Trinajstić information content (AvgIpc) is 3.47. The van der Waals surface area contributed by atoms with Gasteiger partial charge < -0.3 is 24.6 Å². The van der Waals surface area contributed by atoms with E-state index in [0.29, 0.717) is 30.1 Å². The van der Waals surface area contributed by atoms with Crippen molar-refractivity contribution in [2.24, 2.45) is 0 Å². The quantitative estimate of drug-likeness (QED) is 0.206. The predicted molar refractivity (Wildman–Crippen MR) is 198 cm³/mol. The lowest BCUT2D eigenvalue weighted by molar-refractivity contribution is -0.136. The van der Waals surface area contributed by atoms with Crippen LogP contribution >= 0.6 is 0 Å².